The number of hydrogen-bond donors (Lipinski definition) is 1. The van der Waals surface area contributed by atoms with Crippen molar-refractivity contribution in [3.8, 4) is 5.75 Å². The lowest BCUT2D eigenvalue weighted by molar-refractivity contribution is -0.120. The van der Waals surface area contributed by atoms with Gasteiger partial charge in [-0.2, -0.15) is 0 Å². The number of imide groups is 1. The standard InChI is InChI=1S/C26H22ClFN2O3/c1-3-13-33-21-11-8-17(9-12-21)23-24(29-22-14-18(27)10-7-16(22)2)26(32)30(25(23)31)20-6-4-5-19(28)15-20/h4-12,14-15,29H,3,13H2,1-2H3. The molecule has 0 atom stereocenters. The summed E-state index contributed by atoms with van der Waals surface area (Å²) in [6.45, 7) is 4.46. The molecule has 7 heteroatoms. The Balaban J connectivity index is 1.79. The molecular formula is C26H22ClFN2O3. The Bertz CT molecular complexity index is 1250. The van der Waals surface area contributed by atoms with Crippen molar-refractivity contribution in [1.82, 2.24) is 0 Å². The van der Waals surface area contributed by atoms with Crippen LogP contribution in [0, 0.1) is 12.7 Å². The first-order chi connectivity index (χ1) is 15.9. The molecule has 33 heavy (non-hydrogen) atoms. The number of halogens is 2. The number of nitrogens with one attached hydrogen (secondary N) is 1. The number of rotatable bonds is 7. The summed E-state index contributed by atoms with van der Waals surface area (Å²) in [4.78, 5) is 27.9. The van der Waals surface area contributed by atoms with Crippen LogP contribution in [0.1, 0.15) is 24.5 Å². The number of benzene rings is 3. The van der Waals surface area contributed by atoms with Crippen molar-refractivity contribution < 1.29 is 18.7 Å². The van der Waals surface area contributed by atoms with E-state index in [2.05, 4.69) is 5.32 Å². The smallest absolute Gasteiger partial charge is 0.282 e. The van der Waals surface area contributed by atoms with E-state index in [0.29, 0.717) is 28.6 Å². The lowest BCUT2D eigenvalue weighted by atomic mass is 10.0. The summed E-state index contributed by atoms with van der Waals surface area (Å²) in [5.41, 5.74) is 2.42. The van der Waals surface area contributed by atoms with Gasteiger partial charge in [0.1, 0.15) is 17.3 Å². The third-order valence-electron chi connectivity index (χ3n) is 5.23. The lowest BCUT2D eigenvalue weighted by Gasteiger charge is -2.16. The molecule has 1 aliphatic rings. The number of aryl methyl sites for hydroxylation is 1. The summed E-state index contributed by atoms with van der Waals surface area (Å²) in [6, 6.07) is 17.6. The number of hydrogen-bond acceptors (Lipinski definition) is 4. The van der Waals surface area contributed by atoms with Crippen LogP contribution < -0.4 is 15.0 Å². The second-order valence-corrected chi connectivity index (χ2v) is 8.07. The predicted molar refractivity (Wildman–Crippen MR) is 128 cm³/mol. The van der Waals surface area contributed by atoms with Gasteiger partial charge in [-0.1, -0.05) is 42.8 Å². The molecule has 5 nitrogen and oxygen atoms in total. The van der Waals surface area contributed by atoms with Gasteiger partial charge < -0.3 is 10.1 Å². The number of carbonyl (C=O) groups excluding carboxylic acids is 2. The Hall–Kier alpha value is -3.64. The molecular weight excluding hydrogens is 443 g/mol. The Morgan fingerprint density at radius 2 is 1.76 bits per heavy atom. The minimum atomic E-state index is -0.578. The van der Waals surface area contributed by atoms with Crippen molar-refractivity contribution >= 4 is 40.4 Å². The maximum atomic E-state index is 13.9. The van der Waals surface area contributed by atoms with Gasteiger partial charge in [0.15, 0.2) is 0 Å². The van der Waals surface area contributed by atoms with Gasteiger partial charge in [0.05, 0.1) is 17.9 Å². The quantitative estimate of drug-likeness (QED) is 0.437. The van der Waals surface area contributed by atoms with Crippen molar-refractivity contribution in [1.29, 1.82) is 0 Å². The van der Waals surface area contributed by atoms with Gasteiger partial charge in [0.2, 0.25) is 0 Å². The summed E-state index contributed by atoms with van der Waals surface area (Å²) in [5.74, 6) is -0.999. The van der Waals surface area contributed by atoms with Crippen LogP contribution in [0.5, 0.6) is 5.75 Å². The van der Waals surface area contributed by atoms with Crippen LogP contribution in [0.4, 0.5) is 15.8 Å². The van der Waals surface area contributed by atoms with Crippen molar-refractivity contribution in [2.45, 2.75) is 20.3 Å². The fourth-order valence-electron chi connectivity index (χ4n) is 3.56. The van der Waals surface area contributed by atoms with Crippen LogP contribution in [-0.4, -0.2) is 18.4 Å². The van der Waals surface area contributed by atoms with E-state index in [1.165, 1.54) is 18.2 Å². The van der Waals surface area contributed by atoms with Crippen LogP contribution in [0.3, 0.4) is 0 Å². The summed E-state index contributed by atoms with van der Waals surface area (Å²) >= 11 is 6.15. The first kappa shape index (κ1) is 22.6. The maximum Gasteiger partial charge on any atom is 0.282 e. The number of carbonyl (C=O) groups is 2. The highest BCUT2D eigenvalue weighted by atomic mass is 35.5. The minimum Gasteiger partial charge on any atom is -0.494 e. The molecule has 4 rings (SSSR count). The lowest BCUT2D eigenvalue weighted by Crippen LogP contribution is -2.32. The molecule has 0 spiro atoms. The van der Waals surface area contributed by atoms with E-state index >= 15 is 0 Å². The van der Waals surface area contributed by atoms with Crippen LogP contribution in [0.25, 0.3) is 5.57 Å². The van der Waals surface area contributed by atoms with Crippen LogP contribution >= 0.6 is 11.6 Å². The zero-order valence-corrected chi connectivity index (χ0v) is 18.9. The van der Waals surface area contributed by atoms with Crippen LogP contribution in [-0.2, 0) is 9.59 Å². The molecule has 0 unspecified atom stereocenters. The first-order valence-corrected chi connectivity index (χ1v) is 10.9. The fraction of sp³-hybridized carbons (Fsp3) is 0.154. The van der Waals surface area contributed by atoms with E-state index in [-0.39, 0.29) is 17.0 Å². The first-order valence-electron chi connectivity index (χ1n) is 10.5. The van der Waals surface area contributed by atoms with Gasteiger partial charge >= 0.3 is 0 Å². The number of ether oxygens (including phenoxy) is 1. The average Bonchev–Trinajstić information content (AvgIpc) is 3.04. The summed E-state index contributed by atoms with van der Waals surface area (Å²) in [7, 11) is 0. The zero-order chi connectivity index (χ0) is 23.5. The van der Waals surface area contributed by atoms with Crippen molar-refractivity contribution in [3.63, 3.8) is 0 Å². The molecule has 2 amide bonds. The molecule has 0 radical (unpaired) electrons. The summed E-state index contributed by atoms with van der Waals surface area (Å²) in [5, 5.41) is 3.59. The van der Waals surface area contributed by atoms with E-state index in [4.69, 9.17) is 16.3 Å². The second kappa shape index (κ2) is 9.46. The molecule has 168 valence electrons. The van der Waals surface area contributed by atoms with Gasteiger partial charge in [0, 0.05) is 10.7 Å². The summed E-state index contributed by atoms with van der Waals surface area (Å²) < 4.78 is 19.5. The Morgan fingerprint density at radius 1 is 1.00 bits per heavy atom. The normalized spacial score (nSPS) is 13.6. The monoisotopic (exact) mass is 464 g/mol. The molecule has 1 aliphatic heterocycles. The van der Waals surface area contributed by atoms with Gasteiger partial charge in [0.25, 0.3) is 11.8 Å². The second-order valence-electron chi connectivity index (χ2n) is 7.63. The van der Waals surface area contributed by atoms with Crippen LogP contribution in [0.2, 0.25) is 5.02 Å². The molecule has 0 aliphatic carbocycles. The van der Waals surface area contributed by atoms with E-state index in [1.54, 1.807) is 36.4 Å². The third kappa shape index (κ3) is 4.61. The Morgan fingerprint density at radius 3 is 2.45 bits per heavy atom. The van der Waals surface area contributed by atoms with E-state index in [1.807, 2.05) is 19.9 Å². The van der Waals surface area contributed by atoms with Crippen molar-refractivity contribution in [3.05, 3.63) is 94.4 Å². The highest BCUT2D eigenvalue weighted by Gasteiger charge is 2.40. The van der Waals surface area contributed by atoms with Crippen LogP contribution in [0.15, 0.2) is 72.4 Å². The SMILES string of the molecule is CCCOc1ccc(C2=C(Nc3cc(Cl)ccc3C)C(=O)N(c3cccc(F)c3)C2=O)cc1. The molecule has 1 heterocycles. The fourth-order valence-corrected chi connectivity index (χ4v) is 3.74. The molecule has 0 bridgehead atoms. The van der Waals surface area contributed by atoms with E-state index in [9.17, 15) is 14.0 Å². The maximum absolute atomic E-state index is 13.9. The van der Waals surface area contributed by atoms with Crippen molar-refractivity contribution in [2.75, 3.05) is 16.8 Å². The highest BCUT2D eigenvalue weighted by Crippen LogP contribution is 2.35. The van der Waals surface area contributed by atoms with E-state index in [0.717, 1.165) is 23.0 Å². The molecule has 0 saturated carbocycles. The number of nitrogens with zero attached hydrogens (tertiary/aromatic N) is 1. The Kier molecular flexibility index (Phi) is 6.47. The van der Waals surface area contributed by atoms with Gasteiger partial charge in [-0.15, -0.1) is 0 Å². The number of amides is 2. The van der Waals surface area contributed by atoms with Crippen molar-refractivity contribution in [2.24, 2.45) is 0 Å². The molecule has 0 aromatic heterocycles. The largest absolute Gasteiger partial charge is 0.494 e. The third-order valence-corrected chi connectivity index (χ3v) is 5.46. The zero-order valence-electron chi connectivity index (χ0n) is 18.2. The molecule has 3 aromatic carbocycles. The molecule has 0 fully saturated rings. The number of anilines is 2. The summed E-state index contributed by atoms with van der Waals surface area (Å²) in [6.07, 6.45) is 0.871. The minimum absolute atomic E-state index is 0.0943. The van der Waals surface area contributed by atoms with Gasteiger partial charge in [-0.3, -0.25) is 9.59 Å². The Labute approximate surface area is 196 Å². The molecule has 3 aromatic rings. The highest BCUT2D eigenvalue weighted by molar-refractivity contribution is 6.46. The molecule has 1 N–H and O–H groups in total. The van der Waals surface area contributed by atoms with Gasteiger partial charge in [-0.05, 0) is 66.9 Å². The van der Waals surface area contributed by atoms with Gasteiger partial charge in [-0.25, -0.2) is 9.29 Å². The average molecular weight is 465 g/mol. The predicted octanol–water partition coefficient (Wildman–Crippen LogP) is 5.97. The topological polar surface area (TPSA) is 58.6 Å². The molecule has 0 saturated heterocycles. The van der Waals surface area contributed by atoms with E-state index < -0.39 is 17.6 Å².